The quantitative estimate of drug-likeness (QED) is 0.601. The van der Waals surface area contributed by atoms with Crippen LogP contribution in [0.3, 0.4) is 0 Å². The highest BCUT2D eigenvalue weighted by molar-refractivity contribution is 5.86. The molecule has 0 saturated carbocycles. The van der Waals surface area contributed by atoms with Crippen molar-refractivity contribution in [2.24, 2.45) is 0 Å². The number of benzene rings is 3. The third kappa shape index (κ3) is 4.38. The van der Waals surface area contributed by atoms with Gasteiger partial charge < -0.3 is 5.32 Å². The van der Waals surface area contributed by atoms with Crippen LogP contribution in [0, 0.1) is 6.92 Å². The monoisotopic (exact) mass is 331 g/mol. The lowest BCUT2D eigenvalue weighted by Crippen LogP contribution is -2.39. The van der Waals surface area contributed by atoms with Gasteiger partial charge in [-0.05, 0) is 47.0 Å². The highest BCUT2D eigenvalue weighted by atomic mass is 16.2. The minimum atomic E-state index is -0.163. The normalized spacial score (nSPS) is 10.3. The number of hydrogen-bond acceptors (Lipinski definition) is 3. The SMILES string of the molecule is C=C(NNC(=O)CNc1cccc(C)c1)c1ccc2ccccc2c1. The van der Waals surface area contributed by atoms with Gasteiger partial charge in [0.2, 0.25) is 0 Å². The number of nitrogens with one attached hydrogen (secondary N) is 3. The number of amides is 1. The van der Waals surface area contributed by atoms with Crippen LogP contribution in [0.1, 0.15) is 11.1 Å². The van der Waals surface area contributed by atoms with Crippen molar-refractivity contribution in [3.8, 4) is 0 Å². The molecule has 4 heteroatoms. The summed E-state index contributed by atoms with van der Waals surface area (Å²) < 4.78 is 0. The third-order valence-corrected chi connectivity index (χ3v) is 3.92. The Morgan fingerprint density at radius 1 is 0.920 bits per heavy atom. The second kappa shape index (κ2) is 7.53. The van der Waals surface area contributed by atoms with Crippen LogP contribution in [0.25, 0.3) is 16.5 Å². The molecule has 0 bridgehead atoms. The topological polar surface area (TPSA) is 53.2 Å². The van der Waals surface area contributed by atoms with Crippen LogP contribution >= 0.6 is 0 Å². The van der Waals surface area contributed by atoms with Gasteiger partial charge in [0, 0.05) is 5.69 Å². The molecule has 0 aliphatic heterocycles. The van der Waals surface area contributed by atoms with Crippen molar-refractivity contribution in [1.82, 2.24) is 10.9 Å². The summed E-state index contributed by atoms with van der Waals surface area (Å²) >= 11 is 0. The van der Waals surface area contributed by atoms with Gasteiger partial charge in [-0.15, -0.1) is 0 Å². The molecule has 0 aromatic heterocycles. The van der Waals surface area contributed by atoms with E-state index in [9.17, 15) is 4.79 Å². The molecule has 3 rings (SSSR count). The molecule has 0 aliphatic rings. The minimum Gasteiger partial charge on any atom is -0.376 e. The van der Waals surface area contributed by atoms with Crippen LogP contribution in [-0.4, -0.2) is 12.5 Å². The van der Waals surface area contributed by atoms with Gasteiger partial charge in [-0.2, -0.15) is 0 Å². The summed E-state index contributed by atoms with van der Waals surface area (Å²) in [5.74, 6) is -0.163. The zero-order chi connectivity index (χ0) is 17.6. The van der Waals surface area contributed by atoms with Crippen LogP contribution < -0.4 is 16.2 Å². The number of aryl methyl sites for hydroxylation is 1. The summed E-state index contributed by atoms with van der Waals surface area (Å²) in [5, 5.41) is 5.40. The Balaban J connectivity index is 1.53. The first-order valence-electron chi connectivity index (χ1n) is 8.15. The predicted molar refractivity (Wildman–Crippen MR) is 104 cm³/mol. The van der Waals surface area contributed by atoms with E-state index in [2.05, 4.69) is 34.9 Å². The number of hydrogen-bond donors (Lipinski definition) is 3. The second-order valence-corrected chi connectivity index (χ2v) is 5.94. The summed E-state index contributed by atoms with van der Waals surface area (Å²) in [7, 11) is 0. The van der Waals surface area contributed by atoms with E-state index in [1.54, 1.807) is 0 Å². The number of fused-ring (bicyclic) bond motifs is 1. The zero-order valence-electron chi connectivity index (χ0n) is 14.2. The second-order valence-electron chi connectivity index (χ2n) is 5.94. The lowest BCUT2D eigenvalue weighted by atomic mass is 10.1. The van der Waals surface area contributed by atoms with E-state index in [-0.39, 0.29) is 12.5 Å². The molecule has 0 fully saturated rings. The fourth-order valence-electron chi connectivity index (χ4n) is 2.58. The number of carbonyl (C=O) groups is 1. The smallest absolute Gasteiger partial charge is 0.257 e. The van der Waals surface area contributed by atoms with Gasteiger partial charge in [-0.1, -0.05) is 55.1 Å². The van der Waals surface area contributed by atoms with E-state index < -0.39 is 0 Å². The number of carbonyl (C=O) groups excluding carboxylic acids is 1. The lowest BCUT2D eigenvalue weighted by molar-refractivity contribution is -0.120. The number of anilines is 1. The molecule has 3 N–H and O–H groups in total. The maximum Gasteiger partial charge on any atom is 0.257 e. The molecule has 1 amide bonds. The van der Waals surface area contributed by atoms with Gasteiger partial charge in [0.1, 0.15) is 0 Å². The Labute approximate surface area is 147 Å². The Morgan fingerprint density at radius 2 is 1.72 bits per heavy atom. The van der Waals surface area contributed by atoms with Crippen molar-refractivity contribution in [2.45, 2.75) is 6.92 Å². The average molecular weight is 331 g/mol. The van der Waals surface area contributed by atoms with E-state index in [0.29, 0.717) is 5.70 Å². The van der Waals surface area contributed by atoms with E-state index in [4.69, 9.17) is 0 Å². The van der Waals surface area contributed by atoms with Crippen molar-refractivity contribution < 1.29 is 4.79 Å². The van der Waals surface area contributed by atoms with Gasteiger partial charge in [-0.25, -0.2) is 0 Å². The Morgan fingerprint density at radius 3 is 2.52 bits per heavy atom. The van der Waals surface area contributed by atoms with E-state index in [1.165, 1.54) is 5.39 Å². The summed E-state index contributed by atoms with van der Waals surface area (Å²) in [5.41, 5.74) is 9.19. The summed E-state index contributed by atoms with van der Waals surface area (Å²) in [6.45, 7) is 6.18. The fourth-order valence-corrected chi connectivity index (χ4v) is 2.58. The zero-order valence-corrected chi connectivity index (χ0v) is 14.2. The molecule has 0 unspecified atom stereocenters. The molecule has 126 valence electrons. The lowest BCUT2D eigenvalue weighted by Gasteiger charge is -2.13. The minimum absolute atomic E-state index is 0.163. The predicted octanol–water partition coefficient (Wildman–Crippen LogP) is 3.85. The van der Waals surface area contributed by atoms with Crippen LogP contribution in [0.4, 0.5) is 5.69 Å². The molecular weight excluding hydrogens is 310 g/mol. The highest BCUT2D eigenvalue weighted by Gasteiger charge is 2.04. The van der Waals surface area contributed by atoms with E-state index in [0.717, 1.165) is 22.2 Å². The standard InChI is InChI=1S/C21H21N3O/c1-15-6-5-9-20(12-15)22-14-21(25)24-23-16(2)18-11-10-17-7-3-4-8-19(17)13-18/h3-13,22-23H,2,14H2,1H3,(H,24,25). The van der Waals surface area contributed by atoms with Gasteiger partial charge in [0.15, 0.2) is 0 Å². The molecule has 0 radical (unpaired) electrons. The van der Waals surface area contributed by atoms with Crippen LogP contribution in [0.5, 0.6) is 0 Å². The Hall–Kier alpha value is -3.27. The van der Waals surface area contributed by atoms with E-state index in [1.807, 2.05) is 61.5 Å². The molecule has 0 spiro atoms. The largest absolute Gasteiger partial charge is 0.376 e. The van der Waals surface area contributed by atoms with Gasteiger partial charge in [0.05, 0.1) is 12.2 Å². The van der Waals surface area contributed by atoms with Crippen molar-refractivity contribution in [2.75, 3.05) is 11.9 Å². The van der Waals surface area contributed by atoms with Crippen LogP contribution in [-0.2, 0) is 4.79 Å². The maximum atomic E-state index is 12.0. The van der Waals surface area contributed by atoms with Crippen molar-refractivity contribution >= 4 is 28.1 Å². The molecule has 25 heavy (non-hydrogen) atoms. The first-order chi connectivity index (χ1) is 12.1. The van der Waals surface area contributed by atoms with Gasteiger partial charge >= 0.3 is 0 Å². The maximum absolute atomic E-state index is 12.0. The van der Waals surface area contributed by atoms with Gasteiger partial charge in [-0.3, -0.25) is 15.6 Å². The average Bonchev–Trinajstić information content (AvgIpc) is 2.64. The molecule has 3 aromatic carbocycles. The molecule has 4 nitrogen and oxygen atoms in total. The van der Waals surface area contributed by atoms with Crippen LogP contribution in [0.2, 0.25) is 0 Å². The van der Waals surface area contributed by atoms with Crippen molar-refractivity contribution in [1.29, 1.82) is 0 Å². The molecule has 0 heterocycles. The first-order valence-corrected chi connectivity index (χ1v) is 8.15. The van der Waals surface area contributed by atoms with Crippen molar-refractivity contribution in [3.05, 3.63) is 84.4 Å². The summed E-state index contributed by atoms with van der Waals surface area (Å²) in [6, 6.07) is 22.1. The van der Waals surface area contributed by atoms with Crippen LogP contribution in [0.15, 0.2) is 73.3 Å². The Kier molecular flexibility index (Phi) is 5.00. The molecule has 0 atom stereocenters. The number of rotatable bonds is 6. The fraction of sp³-hybridized carbons (Fsp3) is 0.0952. The molecule has 0 saturated heterocycles. The third-order valence-electron chi connectivity index (χ3n) is 3.92. The first kappa shape index (κ1) is 16.6. The number of hydrazine groups is 1. The summed E-state index contributed by atoms with van der Waals surface area (Å²) in [6.07, 6.45) is 0. The molecule has 0 aliphatic carbocycles. The molecular formula is C21H21N3O. The Bertz CT molecular complexity index is 918. The molecule has 3 aromatic rings. The van der Waals surface area contributed by atoms with Gasteiger partial charge in [0.25, 0.3) is 5.91 Å². The van der Waals surface area contributed by atoms with E-state index >= 15 is 0 Å². The van der Waals surface area contributed by atoms with Crippen molar-refractivity contribution in [3.63, 3.8) is 0 Å². The summed E-state index contributed by atoms with van der Waals surface area (Å²) in [4.78, 5) is 12.0. The highest BCUT2D eigenvalue weighted by Crippen LogP contribution is 2.18.